The van der Waals surface area contributed by atoms with Gasteiger partial charge < -0.3 is 4.74 Å². The van der Waals surface area contributed by atoms with Gasteiger partial charge in [-0.1, -0.05) is 0 Å². The van der Waals surface area contributed by atoms with E-state index in [1.807, 2.05) is 0 Å². The molecule has 0 saturated carbocycles. The predicted octanol–water partition coefficient (Wildman–Crippen LogP) is 16.8. The second-order valence-electron chi connectivity index (χ2n) is 24.1. The van der Waals surface area contributed by atoms with Crippen LogP contribution in [0.25, 0.3) is 291 Å². The molecule has 0 bridgehead atoms. The minimum Gasteiger partial charge on any atom is -0.448 e. The highest BCUT2D eigenvalue weighted by atomic mass is 16.6. The third-order valence-corrected chi connectivity index (χ3v) is 24.0. The fourth-order valence-corrected chi connectivity index (χ4v) is 24.0. The highest BCUT2D eigenvalue weighted by molar-refractivity contribution is 6.82. The molecule has 0 N–H and O–H groups in total. The second-order valence-corrected chi connectivity index (χ2v) is 24.1. The van der Waals surface area contributed by atoms with Crippen molar-refractivity contribution >= 4 is 297 Å². The van der Waals surface area contributed by atoms with Crippen LogP contribution in [0, 0.1) is 0 Å². The molecular weight excluding hydrogens is 789 g/mol. The summed E-state index contributed by atoms with van der Waals surface area (Å²) in [5.74, 6) is -0.149. The minimum atomic E-state index is -0.982. The molecule has 0 saturated heterocycles. The summed E-state index contributed by atoms with van der Waals surface area (Å²) in [6.07, 6.45) is 0. The number of hydrogen-bond acceptors (Lipinski definition) is 2. The zero-order valence-electron chi connectivity index (χ0n) is 33.3. The van der Waals surface area contributed by atoms with Gasteiger partial charge in [0.05, 0.1) is 5.41 Å². The lowest BCUT2D eigenvalue weighted by Crippen LogP contribution is -2.52. The number of carbonyl (C=O) groups excluding carboxylic acids is 1. The Morgan fingerprint density at radius 2 is 0.354 bits per heavy atom. The molecule has 0 aliphatic heterocycles. The van der Waals surface area contributed by atoms with E-state index in [4.69, 9.17) is 4.74 Å². The van der Waals surface area contributed by atoms with Gasteiger partial charge in [-0.05, 0) is 309 Å². The fourth-order valence-electron chi connectivity index (χ4n) is 24.0. The van der Waals surface area contributed by atoms with E-state index in [1.165, 1.54) is 86.9 Å². The Kier molecular flexibility index (Phi) is 1.85. The Balaban J connectivity index is 1.29. The molecule has 32 rings (SSSR count). The Morgan fingerprint density at radius 1 is 0.231 bits per heavy atom. The first-order valence-electron chi connectivity index (χ1n) is 24.1. The molecule has 4 aliphatic rings. The summed E-state index contributed by atoms with van der Waals surface area (Å²) in [5, 5.41) is 84.5. The Bertz CT molecular complexity index is 6820. The Morgan fingerprint density at radius 3 is 0.492 bits per heavy atom. The van der Waals surface area contributed by atoms with Crippen molar-refractivity contribution in [1.82, 2.24) is 0 Å². The normalized spacial score (nSPS) is 22.5. The molecule has 28 aromatic rings. The quantitative estimate of drug-likeness (QED) is 0.122. The molecule has 0 heterocycles. The molecule has 0 amide bonds. The van der Waals surface area contributed by atoms with Crippen LogP contribution in [0.15, 0.2) is 0 Å². The van der Waals surface area contributed by atoms with Gasteiger partial charge in [-0.2, -0.15) is 0 Å². The molecule has 0 spiro atoms. The standard InChI is InChI=1S/C63H6O2/c1-3(64)65-63-60-54-48-38-26-18-10-6-4-5-8-12(10)20(26)30-24-16(8)17-9(5)13-11-7(4)15-14(6)22-28(18)36-42-32(22)33-23(15)29-19(11)27-21(13)31-25(17)35-34(24)46(40(30)48)56(60)57-47(35)41(31)49-39(27)45-37(29)43(33)51-50(42)58(52(54)44(36)38)62(63,2)59(51)53(45)55(49)61(57)63/h1-2H3. The zero-order valence-corrected chi connectivity index (χ0v) is 33.3. The molecular formula is C63H6O2. The predicted molar refractivity (Wildman–Crippen MR) is 271 cm³/mol. The number of carbonyl (C=O) groups is 1. The van der Waals surface area contributed by atoms with Crippen LogP contribution in [0.1, 0.15) is 36.1 Å². The van der Waals surface area contributed by atoms with Crippen molar-refractivity contribution in [3.8, 4) is 0 Å². The molecule has 0 radical (unpaired) electrons. The summed E-state index contributed by atoms with van der Waals surface area (Å²) in [4.78, 5) is 14.7. The first-order chi connectivity index (χ1) is 32.2. The van der Waals surface area contributed by atoms with Crippen LogP contribution in [0.4, 0.5) is 0 Å². The van der Waals surface area contributed by atoms with Crippen LogP contribution in [0.5, 0.6) is 0 Å². The molecule has 0 unspecified atom stereocenters. The number of ether oxygens (including phenoxy) is 1. The van der Waals surface area contributed by atoms with Crippen molar-refractivity contribution in [2.75, 3.05) is 0 Å². The largest absolute Gasteiger partial charge is 0.448 e. The molecule has 4 aliphatic carbocycles. The van der Waals surface area contributed by atoms with Gasteiger partial charge in [-0.3, -0.25) is 4.79 Å². The lowest BCUT2D eigenvalue weighted by molar-refractivity contribution is -0.158. The van der Waals surface area contributed by atoms with Crippen molar-refractivity contribution in [3.05, 3.63) is 22.3 Å². The molecule has 2 nitrogen and oxygen atoms in total. The van der Waals surface area contributed by atoms with Gasteiger partial charge in [0.25, 0.3) is 0 Å². The second kappa shape index (κ2) is 5.10. The maximum atomic E-state index is 14.7. The maximum absolute atomic E-state index is 14.7. The van der Waals surface area contributed by atoms with E-state index in [1.54, 1.807) is 233 Å². The number of esters is 1. The van der Waals surface area contributed by atoms with E-state index in [0.29, 0.717) is 0 Å². The van der Waals surface area contributed by atoms with Gasteiger partial charge in [0, 0.05) is 18.1 Å². The molecule has 2 heteroatoms. The number of hydrogen-bond donors (Lipinski definition) is 0. The van der Waals surface area contributed by atoms with Gasteiger partial charge in [0.15, 0.2) is 5.60 Å². The van der Waals surface area contributed by atoms with Crippen molar-refractivity contribution in [3.63, 3.8) is 0 Å². The van der Waals surface area contributed by atoms with Crippen molar-refractivity contribution in [2.24, 2.45) is 0 Å². The van der Waals surface area contributed by atoms with Crippen molar-refractivity contribution < 1.29 is 9.53 Å². The third-order valence-electron chi connectivity index (χ3n) is 24.0. The third kappa shape index (κ3) is 1.19. The van der Waals surface area contributed by atoms with Crippen LogP contribution in [-0.4, -0.2) is 5.97 Å². The summed E-state index contributed by atoms with van der Waals surface area (Å²) in [6.45, 7) is 4.35. The summed E-state index contributed by atoms with van der Waals surface area (Å²) >= 11 is 0. The van der Waals surface area contributed by atoms with Crippen molar-refractivity contribution in [1.29, 1.82) is 0 Å². The average molecular weight is 795 g/mol. The lowest BCUT2D eigenvalue weighted by Gasteiger charge is -2.51. The Hall–Kier alpha value is -8.07. The van der Waals surface area contributed by atoms with Gasteiger partial charge >= 0.3 is 5.97 Å². The summed E-state index contributed by atoms with van der Waals surface area (Å²) in [7, 11) is 0. The van der Waals surface area contributed by atoms with Crippen LogP contribution in [0.2, 0.25) is 0 Å². The van der Waals surface area contributed by atoms with Crippen LogP contribution < -0.4 is 0 Å². The van der Waals surface area contributed by atoms with Gasteiger partial charge in [0.1, 0.15) is 0 Å². The first kappa shape index (κ1) is 23.6. The smallest absolute Gasteiger partial charge is 0.303 e. The van der Waals surface area contributed by atoms with Crippen LogP contribution in [-0.2, 0) is 20.5 Å². The van der Waals surface area contributed by atoms with Crippen molar-refractivity contribution in [2.45, 2.75) is 24.9 Å². The van der Waals surface area contributed by atoms with E-state index in [0.717, 1.165) is 0 Å². The minimum absolute atomic E-state index is 0.149. The first-order valence-corrected chi connectivity index (χ1v) is 24.1. The fraction of sp³-hybridized carbons (Fsp3) is 0.0635. The molecule has 28 aromatic carbocycles. The molecule has 0 atom stereocenters. The molecule has 0 fully saturated rings. The highest BCUT2D eigenvalue weighted by Crippen LogP contribution is 2.84. The number of benzene rings is 18. The van der Waals surface area contributed by atoms with Gasteiger partial charge in [-0.25, -0.2) is 0 Å². The van der Waals surface area contributed by atoms with Crippen LogP contribution >= 0.6 is 0 Å². The number of rotatable bonds is 1. The molecule has 0 aromatic heterocycles. The SMILES string of the molecule is CC(=O)OC12c3c4c5c6c7c8c(c9c%10c1c1c3c3c%11c4c4c5c5c7c7c%12c8c8c9c9c%10c%10c1c1c3c3c%11c%11c4c4c5c7c5c7c%12c8c8c9c9c%10c1c1c3c3c%11c4c5c4c7c8c9c1c34)C62C. The molecule has 270 valence electrons. The maximum Gasteiger partial charge on any atom is 0.303 e. The highest BCUT2D eigenvalue weighted by Gasteiger charge is 2.70. The summed E-state index contributed by atoms with van der Waals surface area (Å²) < 4.78 is 7.75. The van der Waals surface area contributed by atoms with E-state index in [-0.39, 0.29) is 5.97 Å². The van der Waals surface area contributed by atoms with E-state index < -0.39 is 11.0 Å². The lowest BCUT2D eigenvalue weighted by atomic mass is 9.55. The molecule has 65 heavy (non-hydrogen) atoms. The summed E-state index contributed by atoms with van der Waals surface area (Å²) in [5.41, 5.74) is 4.16. The summed E-state index contributed by atoms with van der Waals surface area (Å²) in [6, 6.07) is 0. The average Bonchev–Trinajstić information content (AvgIpc) is 4.14. The van der Waals surface area contributed by atoms with Crippen LogP contribution in [0.3, 0.4) is 0 Å². The van der Waals surface area contributed by atoms with Gasteiger partial charge in [0.2, 0.25) is 0 Å². The zero-order chi connectivity index (χ0) is 38.8. The van der Waals surface area contributed by atoms with E-state index in [9.17, 15) is 4.79 Å². The monoisotopic (exact) mass is 794 g/mol. The van der Waals surface area contributed by atoms with Gasteiger partial charge in [-0.15, -0.1) is 0 Å². The van der Waals surface area contributed by atoms with E-state index >= 15 is 0 Å². The topological polar surface area (TPSA) is 26.3 Å². The van der Waals surface area contributed by atoms with E-state index in [2.05, 4.69) is 6.92 Å². The Labute approximate surface area is 351 Å².